The van der Waals surface area contributed by atoms with Crippen LogP contribution in [-0.4, -0.2) is 15.0 Å². The fourth-order valence-electron chi connectivity index (χ4n) is 4.77. The molecular weight excluding hydrogens is 378 g/mol. The largest absolute Gasteiger partial charge is 0.180 e. The van der Waals surface area contributed by atoms with Crippen molar-refractivity contribution >= 4 is 11.0 Å². The van der Waals surface area contributed by atoms with Gasteiger partial charge in [-0.15, -0.1) is 0 Å². The van der Waals surface area contributed by atoms with E-state index in [0.29, 0.717) is 17.8 Å². The molecule has 4 unspecified atom stereocenters. The minimum absolute atomic E-state index is 0.210. The summed E-state index contributed by atoms with van der Waals surface area (Å²) >= 11 is 0. The first kappa shape index (κ1) is 23.5. The molecule has 0 aliphatic rings. The maximum absolute atomic E-state index is 4.89. The number of hydrogen-bond donors (Lipinski definition) is 0. The van der Waals surface area contributed by atoms with Gasteiger partial charge in [0.25, 0.3) is 0 Å². The Hall–Kier alpha value is -2.16. The molecule has 1 heterocycles. The second-order valence-corrected chi connectivity index (χ2v) is 11.7. The zero-order chi connectivity index (χ0) is 22.8. The standard InChI is InChI=1S/C28H41N3/c1-20(18-23(28(6,7)8)22-14-10-9-11-15-22)21(2)26(19-27(3,4)5)31-29-24-16-12-13-17-25(24)30-31/h9-17,20-21,23,26H,18-19H2,1-8H3. The smallest absolute Gasteiger partial charge is 0.113 e. The van der Waals surface area contributed by atoms with Crippen LogP contribution in [0.2, 0.25) is 0 Å². The number of benzene rings is 2. The molecule has 0 saturated heterocycles. The molecule has 0 saturated carbocycles. The van der Waals surface area contributed by atoms with E-state index in [1.165, 1.54) is 5.56 Å². The highest BCUT2D eigenvalue weighted by molar-refractivity contribution is 5.72. The van der Waals surface area contributed by atoms with E-state index < -0.39 is 0 Å². The summed E-state index contributed by atoms with van der Waals surface area (Å²) in [6, 6.07) is 19.5. The van der Waals surface area contributed by atoms with E-state index >= 15 is 0 Å². The molecule has 0 amide bonds. The van der Waals surface area contributed by atoms with Gasteiger partial charge in [0.2, 0.25) is 0 Å². The van der Waals surface area contributed by atoms with Gasteiger partial charge >= 0.3 is 0 Å². The molecule has 3 heteroatoms. The molecule has 3 aromatic rings. The molecular formula is C28H41N3. The zero-order valence-electron chi connectivity index (χ0n) is 20.8. The van der Waals surface area contributed by atoms with Crippen molar-refractivity contribution in [1.82, 2.24) is 15.0 Å². The van der Waals surface area contributed by atoms with Crippen LogP contribution in [0.5, 0.6) is 0 Å². The quantitative estimate of drug-likeness (QED) is 0.389. The highest BCUT2D eigenvalue weighted by Crippen LogP contribution is 2.44. The summed E-state index contributed by atoms with van der Waals surface area (Å²) in [6.07, 6.45) is 2.22. The third-order valence-corrected chi connectivity index (χ3v) is 6.78. The molecule has 0 bridgehead atoms. The molecule has 0 aliphatic carbocycles. The van der Waals surface area contributed by atoms with E-state index in [1.54, 1.807) is 0 Å². The molecule has 0 aliphatic heterocycles. The Morgan fingerprint density at radius 3 is 1.77 bits per heavy atom. The Kier molecular flexibility index (Phi) is 6.93. The van der Waals surface area contributed by atoms with Crippen molar-refractivity contribution in [2.24, 2.45) is 22.7 Å². The lowest BCUT2D eigenvalue weighted by molar-refractivity contribution is 0.145. The third-order valence-electron chi connectivity index (χ3n) is 6.78. The normalized spacial score (nSPS) is 16.8. The molecule has 1 aromatic heterocycles. The van der Waals surface area contributed by atoms with Crippen molar-refractivity contribution in [3.05, 3.63) is 60.2 Å². The number of nitrogens with zero attached hydrogens (tertiary/aromatic N) is 3. The second-order valence-electron chi connectivity index (χ2n) is 11.7. The number of fused-ring (bicyclic) bond motifs is 1. The molecule has 168 valence electrons. The first-order valence-corrected chi connectivity index (χ1v) is 11.8. The number of hydrogen-bond acceptors (Lipinski definition) is 2. The zero-order valence-corrected chi connectivity index (χ0v) is 20.8. The molecule has 4 atom stereocenters. The van der Waals surface area contributed by atoms with Gasteiger partial charge in [-0.2, -0.15) is 15.0 Å². The first-order chi connectivity index (χ1) is 14.5. The maximum Gasteiger partial charge on any atom is 0.113 e. The van der Waals surface area contributed by atoms with Crippen LogP contribution >= 0.6 is 0 Å². The first-order valence-electron chi connectivity index (χ1n) is 11.8. The van der Waals surface area contributed by atoms with Crippen LogP contribution in [0.15, 0.2) is 54.6 Å². The van der Waals surface area contributed by atoms with Gasteiger partial charge in [-0.3, -0.25) is 0 Å². The van der Waals surface area contributed by atoms with Crippen LogP contribution in [-0.2, 0) is 0 Å². The van der Waals surface area contributed by atoms with Crippen molar-refractivity contribution in [1.29, 1.82) is 0 Å². The van der Waals surface area contributed by atoms with Gasteiger partial charge in [0.15, 0.2) is 0 Å². The molecule has 0 spiro atoms. The van der Waals surface area contributed by atoms with E-state index in [9.17, 15) is 0 Å². The molecule has 0 N–H and O–H groups in total. The highest BCUT2D eigenvalue weighted by atomic mass is 15.5. The van der Waals surface area contributed by atoms with Gasteiger partial charge in [0.1, 0.15) is 11.0 Å². The monoisotopic (exact) mass is 419 g/mol. The highest BCUT2D eigenvalue weighted by Gasteiger charge is 2.34. The van der Waals surface area contributed by atoms with Gasteiger partial charge in [0.05, 0.1) is 6.04 Å². The summed E-state index contributed by atoms with van der Waals surface area (Å²) in [7, 11) is 0. The van der Waals surface area contributed by atoms with Crippen molar-refractivity contribution in [3.8, 4) is 0 Å². The van der Waals surface area contributed by atoms with Crippen LogP contribution in [0.25, 0.3) is 11.0 Å². The molecule has 0 fully saturated rings. The van der Waals surface area contributed by atoms with E-state index in [1.807, 2.05) is 16.9 Å². The van der Waals surface area contributed by atoms with Crippen molar-refractivity contribution in [2.75, 3.05) is 0 Å². The Morgan fingerprint density at radius 1 is 0.774 bits per heavy atom. The Morgan fingerprint density at radius 2 is 1.29 bits per heavy atom. The predicted octanol–water partition coefficient (Wildman–Crippen LogP) is 7.90. The van der Waals surface area contributed by atoms with E-state index in [-0.39, 0.29) is 16.9 Å². The minimum atomic E-state index is 0.210. The van der Waals surface area contributed by atoms with E-state index in [4.69, 9.17) is 10.2 Å². The van der Waals surface area contributed by atoms with Gasteiger partial charge in [-0.05, 0) is 59.1 Å². The summed E-state index contributed by atoms with van der Waals surface area (Å²) in [5, 5.41) is 9.78. The number of aromatic nitrogens is 3. The summed E-state index contributed by atoms with van der Waals surface area (Å²) in [6.45, 7) is 18.9. The van der Waals surface area contributed by atoms with E-state index in [2.05, 4.69) is 97.9 Å². The lowest BCUT2D eigenvalue weighted by Gasteiger charge is -2.38. The lowest BCUT2D eigenvalue weighted by Crippen LogP contribution is -2.30. The van der Waals surface area contributed by atoms with E-state index in [0.717, 1.165) is 23.9 Å². The second kappa shape index (κ2) is 9.14. The van der Waals surface area contributed by atoms with Crippen LogP contribution in [0.1, 0.15) is 85.8 Å². The molecule has 2 aromatic carbocycles. The summed E-state index contributed by atoms with van der Waals surface area (Å²) in [5.74, 6) is 1.53. The van der Waals surface area contributed by atoms with Crippen LogP contribution in [0.3, 0.4) is 0 Å². The lowest BCUT2D eigenvalue weighted by atomic mass is 9.69. The van der Waals surface area contributed by atoms with Gasteiger partial charge in [-0.1, -0.05) is 97.9 Å². The predicted molar refractivity (Wildman–Crippen MR) is 132 cm³/mol. The summed E-state index contributed by atoms with van der Waals surface area (Å²) in [4.78, 5) is 2.02. The molecule has 3 nitrogen and oxygen atoms in total. The van der Waals surface area contributed by atoms with Gasteiger partial charge in [0, 0.05) is 0 Å². The number of rotatable bonds is 7. The average molecular weight is 420 g/mol. The molecule has 0 radical (unpaired) electrons. The molecule has 3 rings (SSSR count). The van der Waals surface area contributed by atoms with Crippen molar-refractivity contribution in [3.63, 3.8) is 0 Å². The Bertz CT molecular complexity index is 926. The average Bonchev–Trinajstić information content (AvgIpc) is 3.12. The van der Waals surface area contributed by atoms with Crippen molar-refractivity contribution < 1.29 is 0 Å². The molecule has 31 heavy (non-hydrogen) atoms. The third kappa shape index (κ3) is 5.96. The fraction of sp³-hybridized carbons (Fsp3) is 0.571. The summed E-state index contributed by atoms with van der Waals surface area (Å²) < 4.78 is 0. The van der Waals surface area contributed by atoms with Crippen LogP contribution < -0.4 is 0 Å². The van der Waals surface area contributed by atoms with Gasteiger partial charge in [-0.25, -0.2) is 0 Å². The maximum atomic E-state index is 4.89. The van der Waals surface area contributed by atoms with Gasteiger partial charge < -0.3 is 0 Å². The SMILES string of the molecule is CC(CC(c1ccccc1)C(C)(C)C)C(C)C(CC(C)(C)C)n1nc2ccccc2n1. The van der Waals surface area contributed by atoms with Crippen LogP contribution in [0.4, 0.5) is 0 Å². The van der Waals surface area contributed by atoms with Crippen molar-refractivity contribution in [2.45, 2.75) is 80.2 Å². The summed E-state index contributed by atoms with van der Waals surface area (Å²) in [5.41, 5.74) is 3.84. The Balaban J connectivity index is 1.89. The Labute approximate surface area is 189 Å². The topological polar surface area (TPSA) is 30.7 Å². The fourth-order valence-corrected chi connectivity index (χ4v) is 4.77. The minimum Gasteiger partial charge on any atom is -0.180 e. The van der Waals surface area contributed by atoms with Crippen LogP contribution in [0, 0.1) is 22.7 Å².